The van der Waals surface area contributed by atoms with Gasteiger partial charge in [0, 0.05) is 24.9 Å². The maximum atomic E-state index is 11.3. The predicted octanol–water partition coefficient (Wildman–Crippen LogP) is 1.37. The molecule has 2 N–H and O–H groups in total. The van der Waals surface area contributed by atoms with E-state index >= 15 is 0 Å². The fourth-order valence-corrected chi connectivity index (χ4v) is 2.31. The Balaban J connectivity index is 2.33. The molecule has 0 fully saturated rings. The van der Waals surface area contributed by atoms with Gasteiger partial charge in [0.25, 0.3) is 5.56 Å². The molecule has 2 aromatic heterocycles. The van der Waals surface area contributed by atoms with Gasteiger partial charge in [-0.3, -0.25) is 4.79 Å². The van der Waals surface area contributed by atoms with E-state index in [1.165, 1.54) is 17.8 Å². The Morgan fingerprint density at radius 1 is 1.22 bits per heavy atom. The molecule has 6 nitrogen and oxygen atoms in total. The Kier molecular flexibility index (Phi) is 3.61. The Hall–Kier alpha value is -1.89. The van der Waals surface area contributed by atoms with Crippen LogP contribution in [0.3, 0.4) is 0 Å². The summed E-state index contributed by atoms with van der Waals surface area (Å²) in [4.78, 5) is 26.7. The second-order valence-corrected chi connectivity index (χ2v) is 4.69. The van der Waals surface area contributed by atoms with E-state index < -0.39 is 0 Å². The largest absolute Gasteiger partial charge is 0.373 e. The fraction of sp³-hybridized carbons (Fsp3) is 0.273. The number of aryl methyl sites for hydroxylation is 2. The summed E-state index contributed by atoms with van der Waals surface area (Å²) in [6.07, 6.45) is 0. The van der Waals surface area contributed by atoms with Crippen LogP contribution < -0.4 is 10.9 Å². The first-order valence-electron chi connectivity index (χ1n) is 5.36. The van der Waals surface area contributed by atoms with Crippen LogP contribution >= 0.6 is 11.8 Å². The molecule has 94 valence electrons. The van der Waals surface area contributed by atoms with Gasteiger partial charge >= 0.3 is 0 Å². The lowest BCUT2D eigenvalue weighted by atomic mass is 10.5. The van der Waals surface area contributed by atoms with Crippen LogP contribution in [0.4, 0.5) is 5.82 Å². The molecule has 0 amide bonds. The van der Waals surface area contributed by atoms with Crippen molar-refractivity contribution in [2.45, 2.75) is 24.0 Å². The summed E-state index contributed by atoms with van der Waals surface area (Å²) in [5, 5.41) is 4.22. The molecule has 0 spiro atoms. The number of aromatic nitrogens is 4. The minimum Gasteiger partial charge on any atom is -0.373 e. The number of nitrogens with one attached hydrogen (secondary N) is 2. The first kappa shape index (κ1) is 12.6. The first-order chi connectivity index (χ1) is 8.56. The van der Waals surface area contributed by atoms with Gasteiger partial charge in [0.1, 0.15) is 16.7 Å². The van der Waals surface area contributed by atoms with Gasteiger partial charge in [-0.25, -0.2) is 15.0 Å². The second-order valence-electron chi connectivity index (χ2n) is 3.68. The van der Waals surface area contributed by atoms with Crippen LogP contribution in [0.1, 0.15) is 11.5 Å². The zero-order valence-electron chi connectivity index (χ0n) is 10.3. The smallest absolute Gasteiger partial charge is 0.251 e. The molecular weight excluding hydrogens is 250 g/mol. The van der Waals surface area contributed by atoms with E-state index in [2.05, 4.69) is 25.3 Å². The molecular formula is C11H13N5OS. The zero-order chi connectivity index (χ0) is 13.1. The molecule has 0 aliphatic heterocycles. The molecule has 0 saturated carbocycles. The Morgan fingerprint density at radius 2 is 2.00 bits per heavy atom. The quantitative estimate of drug-likeness (QED) is 0.643. The van der Waals surface area contributed by atoms with Crippen molar-refractivity contribution in [3.05, 3.63) is 34.0 Å². The van der Waals surface area contributed by atoms with Crippen molar-refractivity contribution in [1.29, 1.82) is 0 Å². The standard InChI is InChI=1S/C11H13N5OS/c1-6-4-9(17)16-11(13-6)18-10-5-8(12-3)14-7(2)15-10/h4-5H,1-3H3,(H,12,14,15)(H,13,16,17). The highest BCUT2D eigenvalue weighted by atomic mass is 32.2. The highest BCUT2D eigenvalue weighted by molar-refractivity contribution is 7.99. The minimum atomic E-state index is -0.162. The van der Waals surface area contributed by atoms with Crippen molar-refractivity contribution in [3.63, 3.8) is 0 Å². The molecule has 0 bridgehead atoms. The SMILES string of the molecule is CNc1cc(Sc2nc(C)cc(=O)[nH]2)nc(C)n1. The average Bonchev–Trinajstić information content (AvgIpc) is 2.26. The Bertz CT molecular complexity index is 625. The molecule has 0 aliphatic carbocycles. The van der Waals surface area contributed by atoms with E-state index in [9.17, 15) is 4.79 Å². The van der Waals surface area contributed by atoms with Crippen molar-refractivity contribution in [1.82, 2.24) is 19.9 Å². The summed E-state index contributed by atoms with van der Waals surface area (Å²) in [6, 6.07) is 3.26. The van der Waals surface area contributed by atoms with Crippen LogP contribution in [0.5, 0.6) is 0 Å². The minimum absolute atomic E-state index is 0.162. The van der Waals surface area contributed by atoms with E-state index in [1.54, 1.807) is 20.0 Å². The molecule has 0 aromatic carbocycles. The third kappa shape index (κ3) is 3.07. The summed E-state index contributed by atoms with van der Waals surface area (Å²) in [7, 11) is 1.79. The van der Waals surface area contributed by atoms with E-state index in [1.807, 2.05) is 6.92 Å². The van der Waals surface area contributed by atoms with E-state index in [0.29, 0.717) is 16.7 Å². The lowest BCUT2D eigenvalue weighted by Gasteiger charge is -2.04. The zero-order valence-corrected chi connectivity index (χ0v) is 11.1. The van der Waals surface area contributed by atoms with Crippen molar-refractivity contribution in [2.24, 2.45) is 0 Å². The van der Waals surface area contributed by atoms with Crippen LogP contribution in [-0.4, -0.2) is 27.0 Å². The number of aromatic amines is 1. The second kappa shape index (κ2) is 5.18. The lowest BCUT2D eigenvalue weighted by molar-refractivity contribution is 0.896. The summed E-state index contributed by atoms with van der Waals surface area (Å²) in [5.41, 5.74) is 0.519. The van der Waals surface area contributed by atoms with Gasteiger partial charge in [0.05, 0.1) is 0 Å². The number of hydrogen-bond donors (Lipinski definition) is 2. The number of anilines is 1. The first-order valence-corrected chi connectivity index (χ1v) is 6.18. The summed E-state index contributed by atoms with van der Waals surface area (Å²) >= 11 is 1.30. The molecule has 0 radical (unpaired) electrons. The van der Waals surface area contributed by atoms with Crippen LogP contribution in [0.2, 0.25) is 0 Å². The molecule has 2 rings (SSSR count). The van der Waals surface area contributed by atoms with Gasteiger partial charge in [0.2, 0.25) is 0 Å². The topological polar surface area (TPSA) is 83.6 Å². The normalized spacial score (nSPS) is 10.4. The van der Waals surface area contributed by atoms with Gasteiger partial charge in [-0.05, 0) is 25.6 Å². The van der Waals surface area contributed by atoms with Crippen molar-refractivity contribution in [2.75, 3.05) is 12.4 Å². The van der Waals surface area contributed by atoms with Crippen molar-refractivity contribution < 1.29 is 0 Å². The van der Waals surface area contributed by atoms with E-state index in [0.717, 1.165) is 10.8 Å². The molecule has 0 atom stereocenters. The van der Waals surface area contributed by atoms with Gasteiger partial charge in [-0.1, -0.05) is 0 Å². The van der Waals surface area contributed by atoms with Gasteiger partial charge in [0.15, 0.2) is 5.16 Å². The highest BCUT2D eigenvalue weighted by Gasteiger charge is 2.05. The fourth-order valence-electron chi connectivity index (χ4n) is 1.42. The maximum Gasteiger partial charge on any atom is 0.251 e. The van der Waals surface area contributed by atoms with Crippen LogP contribution in [0.15, 0.2) is 27.1 Å². The third-order valence-corrected chi connectivity index (χ3v) is 2.92. The molecule has 0 unspecified atom stereocenters. The number of rotatable bonds is 3. The summed E-state index contributed by atoms with van der Waals surface area (Å²) < 4.78 is 0. The molecule has 2 aromatic rings. The van der Waals surface area contributed by atoms with Gasteiger partial charge in [-0.15, -0.1) is 0 Å². The predicted molar refractivity (Wildman–Crippen MR) is 70.0 cm³/mol. The van der Waals surface area contributed by atoms with Crippen LogP contribution in [0.25, 0.3) is 0 Å². The van der Waals surface area contributed by atoms with Crippen molar-refractivity contribution >= 4 is 17.6 Å². The molecule has 7 heteroatoms. The Morgan fingerprint density at radius 3 is 2.67 bits per heavy atom. The number of nitrogens with zero attached hydrogens (tertiary/aromatic N) is 3. The van der Waals surface area contributed by atoms with E-state index in [-0.39, 0.29) is 5.56 Å². The Labute approximate surface area is 108 Å². The monoisotopic (exact) mass is 263 g/mol. The van der Waals surface area contributed by atoms with Gasteiger partial charge in [-0.2, -0.15) is 0 Å². The van der Waals surface area contributed by atoms with Crippen LogP contribution in [0, 0.1) is 13.8 Å². The third-order valence-electron chi connectivity index (χ3n) is 2.12. The number of hydrogen-bond acceptors (Lipinski definition) is 6. The van der Waals surface area contributed by atoms with Crippen molar-refractivity contribution in [3.8, 4) is 0 Å². The molecule has 0 aliphatic rings. The number of H-pyrrole nitrogens is 1. The average molecular weight is 263 g/mol. The summed E-state index contributed by atoms with van der Waals surface area (Å²) in [5.74, 6) is 1.40. The summed E-state index contributed by atoms with van der Waals surface area (Å²) in [6.45, 7) is 3.60. The highest BCUT2D eigenvalue weighted by Crippen LogP contribution is 2.23. The van der Waals surface area contributed by atoms with E-state index in [4.69, 9.17) is 0 Å². The lowest BCUT2D eigenvalue weighted by Crippen LogP contribution is -2.08. The molecule has 18 heavy (non-hydrogen) atoms. The maximum absolute atomic E-state index is 11.3. The van der Waals surface area contributed by atoms with Crippen LogP contribution in [-0.2, 0) is 0 Å². The molecule has 0 saturated heterocycles. The molecule has 2 heterocycles. The van der Waals surface area contributed by atoms with Gasteiger partial charge < -0.3 is 10.3 Å².